The average molecular weight is 258 g/mol. The summed E-state index contributed by atoms with van der Waals surface area (Å²) >= 11 is 0. The molecule has 2 nitrogen and oxygen atoms in total. The Labute approximate surface area is 117 Å². The fourth-order valence-corrected chi connectivity index (χ4v) is 3.70. The number of hydrogen-bond donors (Lipinski definition) is 1. The lowest BCUT2D eigenvalue weighted by Crippen LogP contribution is -2.31. The first kappa shape index (κ1) is 13.1. The molecule has 0 bridgehead atoms. The number of hydrogen-bond acceptors (Lipinski definition) is 2. The van der Waals surface area contributed by atoms with Gasteiger partial charge in [-0.05, 0) is 75.9 Å². The van der Waals surface area contributed by atoms with Crippen LogP contribution in [0.3, 0.4) is 0 Å². The van der Waals surface area contributed by atoms with E-state index in [4.69, 9.17) is 0 Å². The summed E-state index contributed by atoms with van der Waals surface area (Å²) in [6.07, 6.45) is 4.16. The number of likely N-dealkylation sites (tertiary alicyclic amines) is 1. The Morgan fingerprint density at radius 3 is 2.68 bits per heavy atom. The van der Waals surface area contributed by atoms with Crippen molar-refractivity contribution in [2.45, 2.75) is 45.2 Å². The van der Waals surface area contributed by atoms with Gasteiger partial charge in [-0.2, -0.15) is 0 Å². The number of benzene rings is 1. The van der Waals surface area contributed by atoms with Gasteiger partial charge in [-0.15, -0.1) is 0 Å². The molecule has 19 heavy (non-hydrogen) atoms. The van der Waals surface area contributed by atoms with Gasteiger partial charge >= 0.3 is 0 Å². The van der Waals surface area contributed by atoms with Crippen molar-refractivity contribution in [1.82, 2.24) is 10.2 Å². The van der Waals surface area contributed by atoms with Crippen molar-refractivity contribution in [2.75, 3.05) is 20.1 Å². The summed E-state index contributed by atoms with van der Waals surface area (Å²) < 4.78 is 0. The lowest BCUT2D eigenvalue weighted by Gasteiger charge is -2.30. The maximum absolute atomic E-state index is 3.40. The molecule has 104 valence electrons. The van der Waals surface area contributed by atoms with E-state index in [1.807, 2.05) is 0 Å². The molecule has 0 spiro atoms. The van der Waals surface area contributed by atoms with Crippen LogP contribution in [0, 0.1) is 19.8 Å². The van der Waals surface area contributed by atoms with Crippen molar-refractivity contribution < 1.29 is 0 Å². The molecule has 3 rings (SSSR count). The number of nitrogens with zero attached hydrogens (tertiary/aromatic N) is 1. The summed E-state index contributed by atoms with van der Waals surface area (Å²) in [7, 11) is 2.08. The highest BCUT2D eigenvalue weighted by Gasteiger charge is 2.42. The Hall–Kier alpha value is -0.860. The van der Waals surface area contributed by atoms with Crippen LogP contribution in [0.1, 0.15) is 42.0 Å². The van der Waals surface area contributed by atoms with E-state index in [1.165, 1.54) is 36.9 Å². The van der Waals surface area contributed by atoms with E-state index in [0.717, 1.165) is 18.5 Å². The molecule has 1 aliphatic carbocycles. The molecule has 2 heteroatoms. The molecule has 1 saturated heterocycles. The first-order valence-corrected chi connectivity index (χ1v) is 7.69. The fourth-order valence-electron chi connectivity index (χ4n) is 3.70. The quantitative estimate of drug-likeness (QED) is 0.893. The molecule has 2 unspecified atom stereocenters. The van der Waals surface area contributed by atoms with Gasteiger partial charge in [0.05, 0.1) is 0 Å². The van der Waals surface area contributed by atoms with Crippen LogP contribution in [-0.4, -0.2) is 31.1 Å². The maximum atomic E-state index is 3.40. The summed E-state index contributed by atoms with van der Waals surface area (Å²) in [6, 6.07) is 8.34. The zero-order valence-corrected chi connectivity index (χ0v) is 12.4. The molecule has 0 radical (unpaired) electrons. The summed E-state index contributed by atoms with van der Waals surface area (Å²) in [5.41, 5.74) is 4.51. The lowest BCUT2D eigenvalue weighted by molar-refractivity contribution is 0.216. The van der Waals surface area contributed by atoms with Crippen LogP contribution in [0.4, 0.5) is 0 Å². The van der Waals surface area contributed by atoms with E-state index in [2.05, 4.69) is 49.3 Å². The molecule has 2 aliphatic rings. The minimum absolute atomic E-state index is 0.639. The molecule has 1 aromatic rings. The molecule has 1 N–H and O–H groups in total. The molecular formula is C17H26N2. The van der Waals surface area contributed by atoms with Gasteiger partial charge in [0.15, 0.2) is 0 Å². The predicted octanol–water partition coefficient (Wildman–Crippen LogP) is 3.05. The number of aryl methyl sites for hydroxylation is 1. The molecule has 1 heterocycles. The van der Waals surface area contributed by atoms with E-state index in [0.29, 0.717) is 6.04 Å². The van der Waals surface area contributed by atoms with Crippen molar-refractivity contribution in [3.63, 3.8) is 0 Å². The van der Waals surface area contributed by atoms with Crippen LogP contribution >= 0.6 is 0 Å². The molecule has 2 fully saturated rings. The first-order chi connectivity index (χ1) is 9.22. The largest absolute Gasteiger partial charge is 0.319 e. The first-order valence-electron chi connectivity index (χ1n) is 7.69. The van der Waals surface area contributed by atoms with Crippen LogP contribution in [0.25, 0.3) is 0 Å². The molecule has 1 aromatic carbocycles. The van der Waals surface area contributed by atoms with Gasteiger partial charge in [-0.25, -0.2) is 0 Å². The molecule has 1 aliphatic heterocycles. The third kappa shape index (κ3) is 2.44. The lowest BCUT2D eigenvalue weighted by atomic mass is 9.89. The van der Waals surface area contributed by atoms with E-state index >= 15 is 0 Å². The zero-order chi connectivity index (χ0) is 13.4. The monoisotopic (exact) mass is 258 g/mol. The maximum Gasteiger partial charge on any atom is 0.0394 e. The van der Waals surface area contributed by atoms with Gasteiger partial charge in [0.25, 0.3) is 0 Å². The number of rotatable bonds is 4. The minimum Gasteiger partial charge on any atom is -0.319 e. The SMILES string of the molecule is CNCC1CCN(C2CC2)C1c1cccc(C)c1C. The van der Waals surface area contributed by atoms with Crippen LogP contribution in [0.2, 0.25) is 0 Å². The van der Waals surface area contributed by atoms with Gasteiger partial charge in [0.2, 0.25) is 0 Å². The average Bonchev–Trinajstić information content (AvgIpc) is 3.16. The van der Waals surface area contributed by atoms with Crippen molar-refractivity contribution >= 4 is 0 Å². The molecule has 2 atom stereocenters. The zero-order valence-electron chi connectivity index (χ0n) is 12.4. The summed E-state index contributed by atoms with van der Waals surface area (Å²) in [4.78, 5) is 2.78. The molecule has 0 aromatic heterocycles. The van der Waals surface area contributed by atoms with Gasteiger partial charge in [0.1, 0.15) is 0 Å². The molecule has 1 saturated carbocycles. The normalized spacial score (nSPS) is 27.9. The Morgan fingerprint density at radius 2 is 2.00 bits per heavy atom. The second kappa shape index (κ2) is 5.26. The smallest absolute Gasteiger partial charge is 0.0394 e. The van der Waals surface area contributed by atoms with E-state index in [9.17, 15) is 0 Å². The second-order valence-corrected chi connectivity index (χ2v) is 6.31. The highest BCUT2D eigenvalue weighted by molar-refractivity contribution is 5.36. The van der Waals surface area contributed by atoms with Crippen molar-refractivity contribution in [3.8, 4) is 0 Å². The van der Waals surface area contributed by atoms with Crippen LogP contribution in [-0.2, 0) is 0 Å². The third-order valence-electron chi connectivity index (χ3n) is 5.01. The van der Waals surface area contributed by atoms with Gasteiger partial charge in [-0.1, -0.05) is 18.2 Å². The van der Waals surface area contributed by atoms with Crippen LogP contribution in [0.15, 0.2) is 18.2 Å². The Bertz CT molecular complexity index is 451. The summed E-state index contributed by atoms with van der Waals surface area (Å²) in [6.45, 7) is 6.96. The minimum atomic E-state index is 0.639. The van der Waals surface area contributed by atoms with Crippen LogP contribution < -0.4 is 5.32 Å². The topological polar surface area (TPSA) is 15.3 Å². The Morgan fingerprint density at radius 1 is 1.21 bits per heavy atom. The van der Waals surface area contributed by atoms with Gasteiger partial charge in [-0.3, -0.25) is 4.90 Å². The van der Waals surface area contributed by atoms with Crippen molar-refractivity contribution in [2.24, 2.45) is 5.92 Å². The number of nitrogens with one attached hydrogen (secondary N) is 1. The van der Waals surface area contributed by atoms with Crippen LogP contribution in [0.5, 0.6) is 0 Å². The third-order valence-corrected chi connectivity index (χ3v) is 5.01. The highest BCUT2D eigenvalue weighted by atomic mass is 15.2. The highest BCUT2D eigenvalue weighted by Crippen LogP contribution is 2.44. The van der Waals surface area contributed by atoms with Crippen molar-refractivity contribution in [1.29, 1.82) is 0 Å². The standard InChI is InChI=1S/C17H26N2/c1-12-5-4-6-16(13(12)2)17-14(11-18-3)9-10-19(17)15-7-8-15/h4-6,14-15,17-18H,7-11H2,1-3H3. The van der Waals surface area contributed by atoms with E-state index in [-0.39, 0.29) is 0 Å². The Kier molecular flexibility index (Phi) is 3.64. The predicted molar refractivity (Wildman–Crippen MR) is 80.4 cm³/mol. The fraction of sp³-hybridized carbons (Fsp3) is 0.647. The van der Waals surface area contributed by atoms with E-state index in [1.54, 1.807) is 5.56 Å². The summed E-state index contributed by atoms with van der Waals surface area (Å²) in [5, 5.41) is 3.40. The van der Waals surface area contributed by atoms with Gasteiger partial charge < -0.3 is 5.32 Å². The van der Waals surface area contributed by atoms with Gasteiger partial charge in [0, 0.05) is 12.1 Å². The second-order valence-electron chi connectivity index (χ2n) is 6.31. The molecular weight excluding hydrogens is 232 g/mol. The molecule has 0 amide bonds. The summed E-state index contributed by atoms with van der Waals surface area (Å²) in [5.74, 6) is 0.770. The Balaban J connectivity index is 1.94. The van der Waals surface area contributed by atoms with Crippen molar-refractivity contribution in [3.05, 3.63) is 34.9 Å². The van der Waals surface area contributed by atoms with E-state index < -0.39 is 0 Å².